The maximum absolute atomic E-state index is 13.5. The van der Waals surface area contributed by atoms with Gasteiger partial charge in [-0.25, -0.2) is 4.39 Å². The Morgan fingerprint density at radius 2 is 1.88 bits per heavy atom. The Morgan fingerprint density at radius 3 is 2.41 bits per heavy atom. The molecule has 1 heterocycles. The lowest BCUT2D eigenvalue weighted by Gasteiger charge is -2.06. The summed E-state index contributed by atoms with van der Waals surface area (Å²) in [5.41, 5.74) is -4.28. The zero-order valence-corrected chi connectivity index (χ0v) is 9.11. The first-order valence-corrected chi connectivity index (χ1v) is 5.36. The molecule has 2 rings (SSSR count). The predicted octanol–water partition coefficient (Wildman–Crippen LogP) is 4.70. The summed E-state index contributed by atoms with van der Waals surface area (Å²) in [6.45, 7) is 0. The van der Waals surface area contributed by atoms with E-state index < -0.39 is 11.3 Å². The van der Waals surface area contributed by atoms with Crippen LogP contribution in [0.1, 0.15) is 0 Å². The Morgan fingerprint density at radius 1 is 1.12 bits per heavy atom. The molecule has 0 aliphatic carbocycles. The summed E-state index contributed by atoms with van der Waals surface area (Å²) in [6.07, 6.45) is 1.37. The molecule has 90 valence electrons. The van der Waals surface area contributed by atoms with Gasteiger partial charge >= 0.3 is 5.51 Å². The summed E-state index contributed by atoms with van der Waals surface area (Å²) in [7, 11) is 0. The number of thioether (sulfide) groups is 1. The van der Waals surface area contributed by atoms with Gasteiger partial charge in [-0.05, 0) is 42.1 Å². The fourth-order valence-corrected chi connectivity index (χ4v) is 1.89. The van der Waals surface area contributed by atoms with Crippen molar-refractivity contribution in [3.63, 3.8) is 0 Å². The molecule has 0 bridgehead atoms. The lowest BCUT2D eigenvalue weighted by molar-refractivity contribution is -0.0328. The predicted molar refractivity (Wildman–Crippen MR) is 56.0 cm³/mol. The highest BCUT2D eigenvalue weighted by atomic mass is 32.2. The van der Waals surface area contributed by atoms with E-state index in [1.165, 1.54) is 24.5 Å². The van der Waals surface area contributed by atoms with Crippen LogP contribution in [0.2, 0.25) is 0 Å². The first-order chi connectivity index (χ1) is 7.96. The molecular formula is C11H6F4OS. The second kappa shape index (κ2) is 4.44. The molecule has 17 heavy (non-hydrogen) atoms. The Labute approximate surface area is 98.4 Å². The van der Waals surface area contributed by atoms with E-state index in [1.54, 1.807) is 6.07 Å². The summed E-state index contributed by atoms with van der Waals surface area (Å²) in [6, 6.07) is 6.43. The monoisotopic (exact) mass is 262 g/mol. The van der Waals surface area contributed by atoms with E-state index in [0.717, 1.165) is 6.07 Å². The van der Waals surface area contributed by atoms with E-state index in [0.29, 0.717) is 0 Å². The number of alkyl halides is 3. The molecule has 6 heteroatoms. The lowest BCUT2D eigenvalue weighted by atomic mass is 10.1. The van der Waals surface area contributed by atoms with Gasteiger partial charge in [-0.3, -0.25) is 0 Å². The number of rotatable bonds is 2. The third kappa shape index (κ3) is 3.03. The van der Waals surface area contributed by atoms with Gasteiger partial charge < -0.3 is 4.42 Å². The van der Waals surface area contributed by atoms with Gasteiger partial charge in [0, 0.05) is 4.90 Å². The van der Waals surface area contributed by atoms with Crippen molar-refractivity contribution in [3.8, 4) is 11.3 Å². The van der Waals surface area contributed by atoms with Gasteiger partial charge in [-0.1, -0.05) is 0 Å². The van der Waals surface area contributed by atoms with Gasteiger partial charge in [0.2, 0.25) is 0 Å². The third-order valence-electron chi connectivity index (χ3n) is 1.96. The van der Waals surface area contributed by atoms with Crippen molar-refractivity contribution < 1.29 is 22.0 Å². The van der Waals surface area contributed by atoms with Crippen LogP contribution in [0.5, 0.6) is 0 Å². The molecule has 1 aromatic carbocycles. The smallest absolute Gasteiger partial charge is 0.446 e. The standard InChI is InChI=1S/C11H6F4OS/c12-9-6-7(17-11(13,14)15)3-4-8(9)10-2-1-5-16-10/h1-6H. The van der Waals surface area contributed by atoms with Crippen LogP contribution in [-0.4, -0.2) is 5.51 Å². The fourth-order valence-electron chi connectivity index (χ4n) is 1.32. The zero-order chi connectivity index (χ0) is 12.5. The van der Waals surface area contributed by atoms with Crippen molar-refractivity contribution >= 4 is 11.8 Å². The average molecular weight is 262 g/mol. The summed E-state index contributed by atoms with van der Waals surface area (Å²) < 4.78 is 54.7. The van der Waals surface area contributed by atoms with Gasteiger partial charge in [0.15, 0.2) is 0 Å². The molecule has 0 unspecified atom stereocenters. The van der Waals surface area contributed by atoms with Crippen LogP contribution < -0.4 is 0 Å². The average Bonchev–Trinajstić information content (AvgIpc) is 2.68. The van der Waals surface area contributed by atoms with Crippen LogP contribution in [0.3, 0.4) is 0 Å². The van der Waals surface area contributed by atoms with Gasteiger partial charge in [-0.2, -0.15) is 13.2 Å². The molecule has 0 atom stereocenters. The van der Waals surface area contributed by atoms with Crippen LogP contribution in [0.25, 0.3) is 11.3 Å². The topological polar surface area (TPSA) is 13.1 Å². The maximum Gasteiger partial charge on any atom is 0.446 e. The van der Waals surface area contributed by atoms with E-state index in [2.05, 4.69) is 0 Å². The second-order valence-corrected chi connectivity index (χ2v) is 4.31. The fraction of sp³-hybridized carbons (Fsp3) is 0.0909. The minimum atomic E-state index is -4.42. The highest BCUT2D eigenvalue weighted by molar-refractivity contribution is 8.00. The number of halogens is 4. The Kier molecular flexibility index (Phi) is 3.15. The van der Waals surface area contributed by atoms with Crippen molar-refractivity contribution in [3.05, 3.63) is 42.4 Å². The molecule has 0 fully saturated rings. The molecule has 0 aliphatic rings. The van der Waals surface area contributed by atoms with Crippen molar-refractivity contribution in [2.45, 2.75) is 10.4 Å². The van der Waals surface area contributed by atoms with Crippen molar-refractivity contribution in [1.82, 2.24) is 0 Å². The summed E-state index contributed by atoms with van der Waals surface area (Å²) in [5, 5.41) is 0. The first kappa shape index (κ1) is 12.0. The van der Waals surface area contributed by atoms with Crippen LogP contribution in [0.15, 0.2) is 45.9 Å². The summed E-state index contributed by atoms with van der Waals surface area (Å²) >= 11 is -0.350. The number of hydrogen-bond donors (Lipinski definition) is 0. The highest BCUT2D eigenvalue weighted by Gasteiger charge is 2.29. The van der Waals surface area contributed by atoms with Crippen molar-refractivity contribution in [2.24, 2.45) is 0 Å². The molecule has 0 saturated carbocycles. The van der Waals surface area contributed by atoms with Gasteiger partial charge in [0.25, 0.3) is 0 Å². The minimum Gasteiger partial charge on any atom is -0.464 e. The van der Waals surface area contributed by atoms with Crippen LogP contribution in [0, 0.1) is 5.82 Å². The van der Waals surface area contributed by atoms with E-state index in [9.17, 15) is 17.6 Å². The number of benzene rings is 1. The number of furan rings is 1. The normalized spacial score (nSPS) is 11.8. The van der Waals surface area contributed by atoms with E-state index >= 15 is 0 Å². The molecule has 2 aromatic rings. The Hall–Kier alpha value is -1.43. The largest absolute Gasteiger partial charge is 0.464 e. The van der Waals surface area contributed by atoms with Crippen molar-refractivity contribution in [2.75, 3.05) is 0 Å². The summed E-state index contributed by atoms with van der Waals surface area (Å²) in [5.74, 6) is -0.458. The molecule has 0 radical (unpaired) electrons. The highest BCUT2D eigenvalue weighted by Crippen LogP contribution is 2.38. The van der Waals surface area contributed by atoms with E-state index in [1.807, 2.05) is 0 Å². The molecular weight excluding hydrogens is 256 g/mol. The lowest BCUT2D eigenvalue weighted by Crippen LogP contribution is -1.99. The molecule has 1 aromatic heterocycles. The van der Waals surface area contributed by atoms with Crippen LogP contribution in [0.4, 0.5) is 17.6 Å². The molecule has 0 aliphatic heterocycles. The van der Waals surface area contributed by atoms with Crippen LogP contribution in [-0.2, 0) is 0 Å². The Balaban J connectivity index is 2.30. The molecule has 0 N–H and O–H groups in total. The summed E-state index contributed by atoms with van der Waals surface area (Å²) in [4.78, 5) is -0.190. The van der Waals surface area contributed by atoms with Gasteiger partial charge in [0.05, 0.1) is 11.8 Å². The molecule has 1 nitrogen and oxygen atoms in total. The van der Waals surface area contributed by atoms with E-state index in [4.69, 9.17) is 4.42 Å². The SMILES string of the molecule is Fc1cc(SC(F)(F)F)ccc1-c1ccco1. The quantitative estimate of drug-likeness (QED) is 0.575. The Bertz CT molecular complexity index is 505. The molecule has 0 spiro atoms. The minimum absolute atomic E-state index is 0.140. The molecule has 0 amide bonds. The van der Waals surface area contributed by atoms with E-state index in [-0.39, 0.29) is 28.0 Å². The number of hydrogen-bond acceptors (Lipinski definition) is 2. The van der Waals surface area contributed by atoms with Crippen molar-refractivity contribution in [1.29, 1.82) is 0 Å². The third-order valence-corrected chi connectivity index (χ3v) is 2.68. The second-order valence-electron chi connectivity index (χ2n) is 3.17. The van der Waals surface area contributed by atoms with Gasteiger partial charge in [0.1, 0.15) is 11.6 Å². The molecule has 0 saturated heterocycles. The van der Waals surface area contributed by atoms with Gasteiger partial charge in [-0.15, -0.1) is 0 Å². The maximum atomic E-state index is 13.5. The zero-order valence-electron chi connectivity index (χ0n) is 8.29. The van der Waals surface area contributed by atoms with Crippen LogP contribution >= 0.6 is 11.8 Å². The first-order valence-electron chi connectivity index (χ1n) is 4.55.